The van der Waals surface area contributed by atoms with Crippen molar-refractivity contribution in [3.8, 4) is 0 Å². The number of hydrogen-bond acceptors (Lipinski definition) is 8. The Morgan fingerprint density at radius 1 is 1.29 bits per heavy atom. The molecule has 0 spiro atoms. The number of carbonyl (C=O) groups excluding carboxylic acids is 1. The summed E-state index contributed by atoms with van der Waals surface area (Å²) in [5.41, 5.74) is 1.45. The Balaban J connectivity index is 1.55. The Morgan fingerprint density at radius 3 is 2.82 bits per heavy atom. The van der Waals surface area contributed by atoms with E-state index in [1.807, 2.05) is 31.2 Å². The van der Waals surface area contributed by atoms with Crippen molar-refractivity contribution in [2.45, 2.75) is 11.3 Å². The molecule has 28 heavy (non-hydrogen) atoms. The number of hydrogen-bond donors (Lipinski definition) is 2. The van der Waals surface area contributed by atoms with Crippen molar-refractivity contribution in [2.24, 2.45) is 0 Å². The van der Waals surface area contributed by atoms with Crippen LogP contribution in [0.25, 0.3) is 0 Å². The van der Waals surface area contributed by atoms with Crippen LogP contribution in [0.15, 0.2) is 46.8 Å². The third kappa shape index (κ3) is 5.02. The van der Waals surface area contributed by atoms with Crippen LogP contribution in [-0.4, -0.2) is 26.8 Å². The normalized spacial score (nSPS) is 10.5. The zero-order chi connectivity index (χ0) is 20.1. The van der Waals surface area contributed by atoms with Crippen LogP contribution in [0.4, 0.5) is 26.6 Å². The largest absolute Gasteiger partial charge is 0.330 e. The van der Waals surface area contributed by atoms with E-state index in [1.54, 1.807) is 0 Å². The standard InChI is InChI=1S/C17H14FN5O3S2/c1-10-4-2-3-5-13(10)20-16-21-22-17(28-16)27-9-15(24)19-11-6-7-12(18)14(8-11)23(25)26/h2-8H,9H2,1H3,(H,19,24)(H,20,21). The predicted octanol–water partition coefficient (Wildman–Crippen LogP) is 4.37. The van der Waals surface area contributed by atoms with Crippen LogP contribution in [0.1, 0.15) is 5.56 Å². The summed E-state index contributed by atoms with van der Waals surface area (Å²) in [7, 11) is 0. The third-order valence-electron chi connectivity index (χ3n) is 3.55. The van der Waals surface area contributed by atoms with Gasteiger partial charge >= 0.3 is 5.69 Å². The van der Waals surface area contributed by atoms with Gasteiger partial charge in [-0.1, -0.05) is 41.3 Å². The molecule has 3 aromatic rings. The van der Waals surface area contributed by atoms with Gasteiger partial charge in [0, 0.05) is 17.4 Å². The quantitative estimate of drug-likeness (QED) is 0.332. The van der Waals surface area contributed by atoms with E-state index < -0.39 is 22.3 Å². The minimum Gasteiger partial charge on any atom is -0.330 e. The van der Waals surface area contributed by atoms with Gasteiger partial charge in [-0.25, -0.2) is 0 Å². The van der Waals surface area contributed by atoms with E-state index in [2.05, 4.69) is 20.8 Å². The zero-order valence-electron chi connectivity index (χ0n) is 14.5. The lowest BCUT2D eigenvalue weighted by atomic mass is 10.2. The van der Waals surface area contributed by atoms with Gasteiger partial charge in [0.15, 0.2) is 4.34 Å². The van der Waals surface area contributed by atoms with Gasteiger partial charge in [0.05, 0.1) is 10.7 Å². The molecule has 2 aromatic carbocycles. The molecule has 0 fully saturated rings. The molecule has 0 aliphatic rings. The summed E-state index contributed by atoms with van der Waals surface area (Å²) in [5, 5.41) is 25.1. The number of rotatable bonds is 7. The van der Waals surface area contributed by atoms with Crippen LogP contribution in [0.5, 0.6) is 0 Å². The summed E-state index contributed by atoms with van der Waals surface area (Å²) in [5.74, 6) is -1.32. The second-order valence-corrected chi connectivity index (χ2v) is 7.77. The number of anilines is 3. The monoisotopic (exact) mass is 419 g/mol. The Hall–Kier alpha value is -3.05. The highest BCUT2D eigenvalue weighted by molar-refractivity contribution is 8.01. The summed E-state index contributed by atoms with van der Waals surface area (Å²) in [4.78, 5) is 22.0. The van der Waals surface area contributed by atoms with E-state index in [4.69, 9.17) is 0 Å². The smallest absolute Gasteiger partial charge is 0.306 e. The predicted molar refractivity (Wildman–Crippen MR) is 107 cm³/mol. The van der Waals surface area contributed by atoms with Crippen LogP contribution >= 0.6 is 23.1 Å². The van der Waals surface area contributed by atoms with Crippen molar-refractivity contribution in [2.75, 3.05) is 16.4 Å². The lowest BCUT2D eigenvalue weighted by molar-refractivity contribution is -0.387. The molecule has 3 rings (SSSR count). The van der Waals surface area contributed by atoms with E-state index in [9.17, 15) is 19.3 Å². The number of aryl methyl sites for hydroxylation is 1. The first-order valence-corrected chi connectivity index (χ1v) is 9.75. The molecule has 0 aliphatic carbocycles. The molecule has 0 saturated carbocycles. The van der Waals surface area contributed by atoms with E-state index in [0.717, 1.165) is 23.4 Å². The Labute approximate surface area is 167 Å². The Kier molecular flexibility index (Phi) is 6.16. The number of benzene rings is 2. The fourth-order valence-corrected chi connectivity index (χ4v) is 3.77. The highest BCUT2D eigenvalue weighted by atomic mass is 32.2. The number of carbonyl (C=O) groups is 1. The molecule has 0 saturated heterocycles. The number of nitrogens with zero attached hydrogens (tertiary/aromatic N) is 3. The molecule has 2 N–H and O–H groups in total. The highest BCUT2D eigenvalue weighted by Gasteiger charge is 2.16. The summed E-state index contributed by atoms with van der Waals surface area (Å²) in [6.07, 6.45) is 0. The van der Waals surface area contributed by atoms with Crippen LogP contribution in [0.2, 0.25) is 0 Å². The van der Waals surface area contributed by atoms with Crippen molar-refractivity contribution in [3.05, 3.63) is 64.0 Å². The summed E-state index contributed by atoms with van der Waals surface area (Å²) < 4.78 is 13.9. The van der Waals surface area contributed by atoms with Gasteiger partial charge in [-0.15, -0.1) is 10.2 Å². The van der Waals surface area contributed by atoms with E-state index in [-0.39, 0.29) is 11.4 Å². The molecular formula is C17H14FN5O3S2. The number of nitrogens with one attached hydrogen (secondary N) is 2. The topological polar surface area (TPSA) is 110 Å². The average molecular weight is 419 g/mol. The van der Waals surface area contributed by atoms with E-state index in [1.165, 1.54) is 29.2 Å². The van der Waals surface area contributed by atoms with Gasteiger partial charge in [-0.05, 0) is 30.7 Å². The lowest BCUT2D eigenvalue weighted by Crippen LogP contribution is -2.14. The Bertz CT molecular complexity index is 1030. The van der Waals surface area contributed by atoms with Gasteiger partial charge in [0.2, 0.25) is 16.9 Å². The lowest BCUT2D eigenvalue weighted by Gasteiger charge is -2.05. The Morgan fingerprint density at radius 2 is 2.07 bits per heavy atom. The molecular weight excluding hydrogens is 405 g/mol. The zero-order valence-corrected chi connectivity index (χ0v) is 16.1. The average Bonchev–Trinajstić information content (AvgIpc) is 3.11. The minimum absolute atomic E-state index is 0.0319. The molecule has 11 heteroatoms. The molecule has 1 amide bonds. The maximum atomic E-state index is 13.3. The fourth-order valence-electron chi connectivity index (χ4n) is 2.20. The van der Waals surface area contributed by atoms with Gasteiger partial charge in [-0.2, -0.15) is 4.39 Å². The molecule has 0 aliphatic heterocycles. The molecule has 0 atom stereocenters. The maximum Gasteiger partial charge on any atom is 0.306 e. The van der Waals surface area contributed by atoms with Gasteiger partial charge < -0.3 is 10.6 Å². The van der Waals surface area contributed by atoms with Gasteiger partial charge in [0.1, 0.15) is 0 Å². The molecule has 0 radical (unpaired) electrons. The SMILES string of the molecule is Cc1ccccc1Nc1nnc(SCC(=O)Nc2ccc(F)c([N+](=O)[O-])c2)s1. The number of halogens is 1. The number of aromatic nitrogens is 2. The van der Waals surface area contributed by atoms with E-state index in [0.29, 0.717) is 9.47 Å². The van der Waals surface area contributed by atoms with Crippen molar-refractivity contribution >= 4 is 51.2 Å². The van der Waals surface area contributed by atoms with Gasteiger partial charge in [0.25, 0.3) is 0 Å². The number of amides is 1. The van der Waals surface area contributed by atoms with E-state index >= 15 is 0 Å². The van der Waals surface area contributed by atoms with Gasteiger partial charge in [-0.3, -0.25) is 14.9 Å². The maximum absolute atomic E-state index is 13.3. The molecule has 0 unspecified atom stereocenters. The van der Waals surface area contributed by atoms with Crippen molar-refractivity contribution in [1.29, 1.82) is 0 Å². The molecule has 0 bridgehead atoms. The molecule has 144 valence electrons. The summed E-state index contributed by atoms with van der Waals surface area (Å²) >= 11 is 2.49. The highest BCUT2D eigenvalue weighted by Crippen LogP contribution is 2.29. The second-order valence-electron chi connectivity index (χ2n) is 5.57. The number of thioether (sulfide) groups is 1. The van der Waals surface area contributed by atoms with Crippen LogP contribution in [0, 0.1) is 22.9 Å². The van der Waals surface area contributed by atoms with Crippen molar-refractivity contribution < 1.29 is 14.1 Å². The number of para-hydroxylation sites is 1. The molecule has 1 heterocycles. The fraction of sp³-hybridized carbons (Fsp3) is 0.118. The first-order valence-electron chi connectivity index (χ1n) is 7.95. The summed E-state index contributed by atoms with van der Waals surface area (Å²) in [6, 6.07) is 10.9. The third-order valence-corrected chi connectivity index (χ3v) is 5.52. The van der Waals surface area contributed by atoms with Crippen LogP contribution in [0.3, 0.4) is 0 Å². The van der Waals surface area contributed by atoms with Crippen molar-refractivity contribution in [3.63, 3.8) is 0 Å². The first kappa shape index (κ1) is 19.7. The first-order chi connectivity index (χ1) is 13.4. The number of nitro groups is 1. The summed E-state index contributed by atoms with van der Waals surface area (Å²) in [6.45, 7) is 1.98. The van der Waals surface area contributed by atoms with Crippen LogP contribution in [-0.2, 0) is 4.79 Å². The van der Waals surface area contributed by atoms with Crippen LogP contribution < -0.4 is 10.6 Å². The molecule has 8 nitrogen and oxygen atoms in total. The second kappa shape index (κ2) is 8.76. The minimum atomic E-state index is -0.958. The number of nitro benzene ring substituents is 1. The van der Waals surface area contributed by atoms with Crippen molar-refractivity contribution in [1.82, 2.24) is 10.2 Å². The molecule has 1 aromatic heterocycles.